The van der Waals surface area contributed by atoms with E-state index >= 15 is 0 Å². The molecule has 0 radical (unpaired) electrons. The summed E-state index contributed by atoms with van der Waals surface area (Å²) >= 11 is 0. The van der Waals surface area contributed by atoms with Crippen LogP contribution >= 0.6 is 0 Å². The lowest BCUT2D eigenvalue weighted by Crippen LogP contribution is -2.17. The zero-order valence-electron chi connectivity index (χ0n) is 6.48. The van der Waals surface area contributed by atoms with Gasteiger partial charge in [-0.3, -0.25) is 0 Å². The van der Waals surface area contributed by atoms with Gasteiger partial charge in [0, 0.05) is 0 Å². The number of alkyl halides is 1. The van der Waals surface area contributed by atoms with Crippen LogP contribution in [0.3, 0.4) is 0 Å². The molecule has 0 spiro atoms. The fourth-order valence-corrected chi connectivity index (χ4v) is 1.51. The standard InChI is InChI=1S/C9H9F2N/c10-5-7-4-6-2-1-3-8(11)9(6)12-7/h1-3,7,12H,4-5H2. The number of fused-ring (bicyclic) bond motifs is 1. The number of hydrogen-bond acceptors (Lipinski definition) is 1. The molecule has 0 saturated heterocycles. The van der Waals surface area contributed by atoms with Gasteiger partial charge in [-0.15, -0.1) is 0 Å². The third-order valence-corrected chi connectivity index (χ3v) is 2.10. The van der Waals surface area contributed by atoms with E-state index in [1.54, 1.807) is 6.07 Å². The molecule has 1 atom stereocenters. The number of rotatable bonds is 1. The number of halogens is 2. The molecule has 0 amide bonds. The van der Waals surface area contributed by atoms with E-state index in [4.69, 9.17) is 0 Å². The van der Waals surface area contributed by atoms with Crippen LogP contribution in [0, 0.1) is 5.82 Å². The van der Waals surface area contributed by atoms with E-state index in [1.807, 2.05) is 6.07 Å². The average molecular weight is 169 g/mol. The molecule has 2 rings (SSSR count). The maximum absolute atomic E-state index is 13.0. The number of hydrogen-bond donors (Lipinski definition) is 1. The molecule has 12 heavy (non-hydrogen) atoms. The molecule has 1 aliphatic heterocycles. The third kappa shape index (κ3) is 1.05. The zero-order chi connectivity index (χ0) is 8.55. The largest absolute Gasteiger partial charge is 0.377 e. The van der Waals surface area contributed by atoms with E-state index in [0.717, 1.165) is 5.56 Å². The Labute approximate surface area is 69.4 Å². The van der Waals surface area contributed by atoms with Crippen LogP contribution in [-0.4, -0.2) is 12.7 Å². The molecule has 1 heterocycles. The van der Waals surface area contributed by atoms with Gasteiger partial charge in [0.25, 0.3) is 0 Å². The number of anilines is 1. The summed E-state index contributed by atoms with van der Waals surface area (Å²) < 4.78 is 25.2. The van der Waals surface area contributed by atoms with Gasteiger partial charge < -0.3 is 5.32 Å². The summed E-state index contributed by atoms with van der Waals surface area (Å²) in [5.41, 5.74) is 1.35. The summed E-state index contributed by atoms with van der Waals surface area (Å²) in [5, 5.41) is 2.80. The molecule has 3 heteroatoms. The molecule has 1 N–H and O–H groups in total. The molecule has 0 fully saturated rings. The average Bonchev–Trinajstić information content (AvgIpc) is 2.49. The van der Waals surface area contributed by atoms with Gasteiger partial charge in [0.1, 0.15) is 12.5 Å². The van der Waals surface area contributed by atoms with Crippen molar-refractivity contribution in [2.75, 3.05) is 12.0 Å². The second-order valence-corrected chi connectivity index (χ2v) is 2.97. The van der Waals surface area contributed by atoms with Crippen molar-refractivity contribution < 1.29 is 8.78 Å². The van der Waals surface area contributed by atoms with Crippen molar-refractivity contribution in [2.45, 2.75) is 12.5 Å². The van der Waals surface area contributed by atoms with Crippen molar-refractivity contribution in [3.8, 4) is 0 Å². The molecular weight excluding hydrogens is 160 g/mol. The van der Waals surface area contributed by atoms with Crippen LogP contribution in [0.25, 0.3) is 0 Å². The van der Waals surface area contributed by atoms with E-state index in [9.17, 15) is 8.78 Å². The third-order valence-electron chi connectivity index (χ3n) is 2.10. The molecular formula is C9H9F2N. The van der Waals surface area contributed by atoms with Crippen LogP contribution in [0.4, 0.5) is 14.5 Å². The second-order valence-electron chi connectivity index (χ2n) is 2.97. The minimum absolute atomic E-state index is 0.239. The van der Waals surface area contributed by atoms with Crippen LogP contribution in [0.2, 0.25) is 0 Å². The fourth-order valence-electron chi connectivity index (χ4n) is 1.51. The Bertz CT molecular complexity index is 299. The normalized spacial score (nSPS) is 20.3. The predicted molar refractivity (Wildman–Crippen MR) is 43.5 cm³/mol. The Morgan fingerprint density at radius 1 is 1.50 bits per heavy atom. The van der Waals surface area contributed by atoms with Crippen molar-refractivity contribution >= 4 is 5.69 Å². The molecule has 1 unspecified atom stereocenters. The van der Waals surface area contributed by atoms with Gasteiger partial charge in [-0.1, -0.05) is 12.1 Å². The van der Waals surface area contributed by atoms with Gasteiger partial charge in [-0.25, -0.2) is 8.78 Å². The van der Waals surface area contributed by atoms with Crippen molar-refractivity contribution in [3.05, 3.63) is 29.6 Å². The number of para-hydroxylation sites is 1. The lowest BCUT2D eigenvalue weighted by atomic mass is 10.1. The Hall–Kier alpha value is -1.12. The summed E-state index contributed by atoms with van der Waals surface area (Å²) in [4.78, 5) is 0. The smallest absolute Gasteiger partial charge is 0.146 e. The van der Waals surface area contributed by atoms with Crippen molar-refractivity contribution in [2.24, 2.45) is 0 Å². The quantitative estimate of drug-likeness (QED) is 0.679. The fraction of sp³-hybridized carbons (Fsp3) is 0.333. The van der Waals surface area contributed by atoms with Crippen LogP contribution < -0.4 is 5.32 Å². The van der Waals surface area contributed by atoms with Gasteiger partial charge in [-0.05, 0) is 18.1 Å². The molecule has 1 aliphatic rings. The number of benzene rings is 1. The Kier molecular flexibility index (Phi) is 1.71. The molecule has 1 aromatic carbocycles. The van der Waals surface area contributed by atoms with Crippen LogP contribution in [0.5, 0.6) is 0 Å². The molecule has 0 saturated carbocycles. The van der Waals surface area contributed by atoms with Crippen molar-refractivity contribution in [1.82, 2.24) is 0 Å². The predicted octanol–water partition coefficient (Wildman–Crippen LogP) is 2.13. The molecule has 1 nitrogen and oxygen atoms in total. The van der Waals surface area contributed by atoms with Crippen LogP contribution in [0.1, 0.15) is 5.56 Å². The van der Waals surface area contributed by atoms with Crippen molar-refractivity contribution in [1.29, 1.82) is 0 Å². The first-order valence-electron chi connectivity index (χ1n) is 3.91. The monoisotopic (exact) mass is 169 g/mol. The lowest BCUT2D eigenvalue weighted by molar-refractivity contribution is 0.450. The first-order chi connectivity index (χ1) is 5.81. The highest BCUT2D eigenvalue weighted by molar-refractivity contribution is 5.57. The highest BCUT2D eigenvalue weighted by Gasteiger charge is 2.22. The van der Waals surface area contributed by atoms with E-state index in [2.05, 4.69) is 5.32 Å². The molecule has 1 aromatic rings. The van der Waals surface area contributed by atoms with E-state index in [1.165, 1.54) is 6.07 Å². The van der Waals surface area contributed by atoms with E-state index < -0.39 is 6.67 Å². The molecule has 0 aliphatic carbocycles. The van der Waals surface area contributed by atoms with Gasteiger partial charge in [0.15, 0.2) is 0 Å². The summed E-state index contributed by atoms with van der Waals surface area (Å²) in [6.45, 7) is -0.450. The first-order valence-corrected chi connectivity index (χ1v) is 3.91. The van der Waals surface area contributed by atoms with Crippen LogP contribution in [-0.2, 0) is 6.42 Å². The summed E-state index contributed by atoms with van der Waals surface area (Å²) in [6, 6.07) is 4.61. The van der Waals surface area contributed by atoms with Gasteiger partial charge in [0.2, 0.25) is 0 Å². The Morgan fingerprint density at radius 3 is 3.00 bits per heavy atom. The van der Waals surface area contributed by atoms with Gasteiger partial charge >= 0.3 is 0 Å². The lowest BCUT2D eigenvalue weighted by Gasteiger charge is -2.04. The van der Waals surface area contributed by atoms with Gasteiger partial charge in [0.05, 0.1) is 11.7 Å². The molecule has 0 bridgehead atoms. The highest BCUT2D eigenvalue weighted by Crippen LogP contribution is 2.28. The zero-order valence-corrected chi connectivity index (χ0v) is 6.48. The summed E-state index contributed by atoms with van der Waals surface area (Å²) in [7, 11) is 0. The topological polar surface area (TPSA) is 12.0 Å². The number of nitrogens with one attached hydrogen (secondary N) is 1. The van der Waals surface area contributed by atoms with E-state index in [0.29, 0.717) is 12.1 Å². The Morgan fingerprint density at radius 2 is 2.33 bits per heavy atom. The van der Waals surface area contributed by atoms with Crippen molar-refractivity contribution in [3.63, 3.8) is 0 Å². The van der Waals surface area contributed by atoms with Crippen LogP contribution in [0.15, 0.2) is 18.2 Å². The SMILES string of the molecule is FCC1Cc2cccc(F)c2N1. The minimum atomic E-state index is -0.450. The molecule has 64 valence electrons. The Balaban J connectivity index is 2.35. The first kappa shape index (κ1) is 7.53. The minimum Gasteiger partial charge on any atom is -0.377 e. The maximum Gasteiger partial charge on any atom is 0.146 e. The maximum atomic E-state index is 13.0. The van der Waals surface area contributed by atoms with Gasteiger partial charge in [-0.2, -0.15) is 0 Å². The highest BCUT2D eigenvalue weighted by atomic mass is 19.1. The summed E-state index contributed by atoms with van der Waals surface area (Å²) in [5.74, 6) is -0.288. The second kappa shape index (κ2) is 2.73. The van der Waals surface area contributed by atoms with E-state index in [-0.39, 0.29) is 11.9 Å². The molecule has 0 aromatic heterocycles. The summed E-state index contributed by atoms with van der Waals surface area (Å²) in [6.07, 6.45) is 0.587.